The Kier molecular flexibility index (Phi) is 11.6. The van der Waals surface area contributed by atoms with Crippen LogP contribution in [0.25, 0.3) is 0 Å². The second-order valence-electron chi connectivity index (χ2n) is 2.70. The van der Waals surface area contributed by atoms with Crippen molar-refractivity contribution in [3.63, 3.8) is 0 Å². The van der Waals surface area contributed by atoms with E-state index in [9.17, 15) is 4.79 Å². The molecule has 0 N–H and O–H groups in total. The van der Waals surface area contributed by atoms with Crippen LogP contribution < -0.4 is 0 Å². The van der Waals surface area contributed by atoms with Crippen molar-refractivity contribution in [3.05, 3.63) is 60.2 Å². The average Bonchev–Trinajstić information content (AvgIpc) is 3.04. The molecule has 0 saturated carbocycles. The first-order chi connectivity index (χ1) is 8.26. The Labute approximate surface area is 118 Å². The van der Waals surface area contributed by atoms with Gasteiger partial charge in [-0.15, -0.1) is 0 Å². The molecule has 0 atom stereocenters. The molecule has 0 bridgehead atoms. The summed E-state index contributed by atoms with van der Waals surface area (Å²) >= 11 is -0.556. The number of hydrogen-bond donors (Lipinski definition) is 0. The summed E-state index contributed by atoms with van der Waals surface area (Å²) in [5, 5.41) is 0. The van der Waals surface area contributed by atoms with Gasteiger partial charge in [0, 0.05) is 0 Å². The molecule has 2 aromatic carbocycles. The van der Waals surface area contributed by atoms with E-state index in [0.29, 0.717) is 5.56 Å². The van der Waals surface area contributed by atoms with E-state index in [1.54, 1.807) is 24.3 Å². The molecule has 0 heterocycles. The van der Waals surface area contributed by atoms with Gasteiger partial charge in [-0.05, 0) is 0 Å². The predicted octanol–water partition coefficient (Wildman–Crippen LogP) is 3.97. The van der Waals surface area contributed by atoms with E-state index in [2.05, 4.69) is 4.74 Å². The first-order valence-corrected chi connectivity index (χ1v) is 8.99. The molecule has 92 valence electrons. The Bertz CT molecular complexity index is 341. The Morgan fingerprint density at radius 1 is 1.18 bits per heavy atom. The molecule has 0 aliphatic rings. The van der Waals surface area contributed by atoms with Crippen molar-refractivity contribution in [1.82, 2.24) is 0 Å². The van der Waals surface area contributed by atoms with E-state index >= 15 is 0 Å². The molecule has 0 saturated heterocycles. The van der Waals surface area contributed by atoms with Crippen LogP contribution in [0.5, 0.6) is 0 Å². The number of methoxy groups -OCH3 is 1. The molecule has 0 fully saturated rings. The van der Waals surface area contributed by atoms with Crippen LogP contribution in [-0.2, 0) is 21.8 Å². The maximum absolute atomic E-state index is 10.7. The molecule has 0 unspecified atom stereocenters. The zero-order valence-electron chi connectivity index (χ0n) is 9.27. The number of carbonyl (C=O) groups is 1. The molecule has 0 radical (unpaired) electrons. The maximum Gasteiger partial charge on any atom is -0.172 e. The van der Waals surface area contributed by atoms with Crippen LogP contribution in [0.4, 0.5) is 0 Å². The number of esters is 1. The number of hydrogen-bond acceptors (Lipinski definition) is 2. The minimum atomic E-state index is -0.556. The van der Waals surface area contributed by atoms with Gasteiger partial charge in [0.05, 0.1) is 7.11 Å². The fourth-order valence-electron chi connectivity index (χ4n) is 0.949. The van der Waals surface area contributed by atoms with Crippen LogP contribution in [0.2, 0.25) is 0 Å². The van der Waals surface area contributed by atoms with Crippen LogP contribution in [0.15, 0.2) is 54.6 Å². The molecule has 0 aromatic heterocycles. The topological polar surface area (TPSA) is 26.3 Å². The third-order valence-electron chi connectivity index (χ3n) is 1.64. The van der Waals surface area contributed by atoms with E-state index in [4.69, 9.17) is 18.6 Å². The quantitative estimate of drug-likeness (QED) is 0.452. The summed E-state index contributed by atoms with van der Waals surface area (Å²) in [7, 11) is 11.1. The summed E-state index contributed by atoms with van der Waals surface area (Å²) in [5.41, 5.74) is 0.609. The summed E-state index contributed by atoms with van der Waals surface area (Å²) < 4.78 is 4.46. The Balaban J connectivity index is 0.000000270. The summed E-state index contributed by atoms with van der Waals surface area (Å²) in [5.74, 6) is -0.278. The summed E-state index contributed by atoms with van der Waals surface area (Å²) in [4.78, 5) is 10.7. The van der Waals surface area contributed by atoms with E-state index in [1.165, 1.54) is 7.11 Å². The Morgan fingerprint density at radius 2 is 1.65 bits per heavy atom. The second kappa shape index (κ2) is 11.9. The fraction of sp³-hybridized carbons (Fsp3) is 0.0833. The first-order valence-electron chi connectivity index (χ1n) is 4.69. The fourth-order valence-corrected chi connectivity index (χ4v) is 0.949. The SMILES string of the molecule is COC(=O)[c-]1cccc1.[Cl][Ti][Cl].c1cc[cH-]c1. The van der Waals surface area contributed by atoms with E-state index in [0.717, 1.165) is 0 Å². The van der Waals surface area contributed by atoms with E-state index < -0.39 is 17.0 Å². The van der Waals surface area contributed by atoms with Gasteiger partial charge in [-0.2, -0.15) is 30.3 Å². The smallest absolute Gasteiger partial charge is 0.172 e. The van der Waals surface area contributed by atoms with Gasteiger partial charge < -0.3 is 4.74 Å². The van der Waals surface area contributed by atoms with Crippen LogP contribution in [-0.4, -0.2) is 13.1 Å². The van der Waals surface area contributed by atoms with Gasteiger partial charge in [-0.25, -0.2) is 24.3 Å². The molecule has 2 aromatic rings. The molecule has 0 aliphatic heterocycles. The largest absolute Gasteiger partial charge is 0.214 e. The molecule has 5 heteroatoms. The molecule has 2 rings (SSSR count). The van der Waals surface area contributed by atoms with Crippen molar-refractivity contribution in [2.75, 3.05) is 7.11 Å². The van der Waals surface area contributed by atoms with Gasteiger partial charge in [-0.1, -0.05) is 5.56 Å². The minimum Gasteiger partial charge on any atom is -0.214 e. The monoisotopic (exact) mass is 306 g/mol. The number of carbonyl (C=O) groups excluding carboxylic acids is 1. The minimum absolute atomic E-state index is 0.278. The van der Waals surface area contributed by atoms with Crippen LogP contribution >= 0.6 is 18.6 Å². The van der Waals surface area contributed by atoms with Gasteiger partial charge in [0.2, 0.25) is 0 Å². The van der Waals surface area contributed by atoms with Crippen LogP contribution in [0, 0.1) is 0 Å². The molecule has 0 aliphatic carbocycles. The standard InChI is InChI=1S/C7H7O2.C5H5.2ClH.Ti/c1-9-7(8)6-4-2-3-5-6;1-2-4-5-3-1;;;/h2-5H,1H3;1-5H;2*1H;/q2*-1;;;+2/p-2. The zero-order chi connectivity index (χ0) is 12.9. The van der Waals surface area contributed by atoms with Crippen LogP contribution in [0.3, 0.4) is 0 Å². The first kappa shape index (κ1) is 16.5. The van der Waals surface area contributed by atoms with Crippen molar-refractivity contribution in [2.24, 2.45) is 0 Å². The summed E-state index contributed by atoms with van der Waals surface area (Å²) in [6, 6.07) is 17.0. The van der Waals surface area contributed by atoms with Crippen molar-refractivity contribution >= 4 is 24.6 Å². The van der Waals surface area contributed by atoms with E-state index in [-0.39, 0.29) is 5.97 Å². The number of halogens is 2. The van der Waals surface area contributed by atoms with Crippen molar-refractivity contribution in [3.8, 4) is 0 Å². The normalized spacial score (nSPS) is 7.94. The van der Waals surface area contributed by atoms with Gasteiger partial charge in [-0.3, -0.25) is 4.79 Å². The van der Waals surface area contributed by atoms with Gasteiger partial charge in [0.15, 0.2) is 0 Å². The Hall–Kier alpha value is -0.536. The average molecular weight is 307 g/mol. The third-order valence-corrected chi connectivity index (χ3v) is 1.64. The maximum atomic E-state index is 10.7. The van der Waals surface area contributed by atoms with Crippen LogP contribution in [0.1, 0.15) is 10.4 Å². The number of ether oxygens (including phenoxy) is 1. The third kappa shape index (κ3) is 9.19. The molecular weight excluding hydrogens is 295 g/mol. The molecule has 2 nitrogen and oxygen atoms in total. The molecule has 0 amide bonds. The van der Waals surface area contributed by atoms with Crippen molar-refractivity contribution in [2.45, 2.75) is 0 Å². The molecular formula is C12H12Cl2O2Ti-2. The van der Waals surface area contributed by atoms with Gasteiger partial charge in [0.1, 0.15) is 0 Å². The van der Waals surface area contributed by atoms with Crippen molar-refractivity contribution < 1.29 is 26.6 Å². The summed E-state index contributed by atoms with van der Waals surface area (Å²) in [6.07, 6.45) is 0. The van der Waals surface area contributed by atoms with Crippen molar-refractivity contribution in [1.29, 1.82) is 0 Å². The zero-order valence-corrected chi connectivity index (χ0v) is 12.3. The molecule has 17 heavy (non-hydrogen) atoms. The number of rotatable bonds is 1. The Morgan fingerprint density at radius 3 is 1.94 bits per heavy atom. The summed E-state index contributed by atoms with van der Waals surface area (Å²) in [6.45, 7) is 0. The predicted molar refractivity (Wildman–Crippen MR) is 67.1 cm³/mol. The van der Waals surface area contributed by atoms with E-state index in [1.807, 2.05) is 30.3 Å². The second-order valence-corrected chi connectivity index (χ2v) is 5.28. The van der Waals surface area contributed by atoms with Gasteiger partial charge in [0.25, 0.3) is 5.97 Å². The molecule has 0 spiro atoms. The van der Waals surface area contributed by atoms with Gasteiger partial charge >= 0.3 is 35.6 Å².